The minimum atomic E-state index is -0.252. The molecule has 2 aromatic carbocycles. The number of nitrogens with zero attached hydrogens (tertiary/aromatic N) is 1. The number of aliphatic hydroxyl groups is 1. The second-order valence-corrected chi connectivity index (χ2v) is 6.03. The quantitative estimate of drug-likeness (QED) is 0.589. The van der Waals surface area contributed by atoms with Gasteiger partial charge in [-0.05, 0) is 42.2 Å². The Morgan fingerprint density at radius 1 is 1.08 bits per heavy atom. The third kappa shape index (κ3) is 4.53. The molecule has 0 aliphatic carbocycles. The average Bonchev–Trinajstić information content (AvgIpc) is 3.11. The summed E-state index contributed by atoms with van der Waals surface area (Å²) in [6.45, 7) is 1.57. The lowest BCUT2D eigenvalue weighted by Crippen LogP contribution is -2.22. The van der Waals surface area contributed by atoms with E-state index in [1.54, 1.807) is 18.3 Å². The van der Waals surface area contributed by atoms with Crippen molar-refractivity contribution in [2.75, 3.05) is 13.2 Å². The maximum Gasteiger partial charge on any atom is 0.123 e. The third-order valence-electron chi connectivity index (χ3n) is 4.31. The molecule has 1 heterocycles. The van der Waals surface area contributed by atoms with Crippen LogP contribution >= 0.6 is 0 Å². The monoisotopic (exact) mass is 339 g/mol. The SMILES string of the molecule is OCCC(CNCc1cn[nH]c1-c1ccc(F)cc1)c1ccccc1. The van der Waals surface area contributed by atoms with Crippen molar-refractivity contribution < 1.29 is 9.50 Å². The molecule has 0 spiro atoms. The van der Waals surface area contributed by atoms with Crippen molar-refractivity contribution in [1.29, 1.82) is 0 Å². The summed E-state index contributed by atoms with van der Waals surface area (Å²) in [5.41, 5.74) is 4.05. The molecule has 0 radical (unpaired) electrons. The highest BCUT2D eigenvalue weighted by Crippen LogP contribution is 2.22. The normalized spacial score (nSPS) is 12.2. The standard InChI is InChI=1S/C20H22FN3O/c21-19-8-6-16(7-9-19)20-18(14-23-24-20)13-22-12-17(10-11-25)15-4-2-1-3-5-15/h1-9,14,17,22,25H,10-13H2,(H,23,24). The molecule has 25 heavy (non-hydrogen) atoms. The predicted molar refractivity (Wildman–Crippen MR) is 96.6 cm³/mol. The van der Waals surface area contributed by atoms with Crippen molar-refractivity contribution in [3.63, 3.8) is 0 Å². The number of hydrogen-bond donors (Lipinski definition) is 3. The summed E-state index contributed by atoms with van der Waals surface area (Å²) in [7, 11) is 0. The Labute approximate surface area is 146 Å². The molecule has 1 aromatic heterocycles. The first kappa shape index (κ1) is 17.3. The fraction of sp³-hybridized carbons (Fsp3) is 0.250. The molecule has 4 nitrogen and oxygen atoms in total. The van der Waals surface area contributed by atoms with Gasteiger partial charge in [0, 0.05) is 30.8 Å². The number of aromatic amines is 1. The van der Waals surface area contributed by atoms with Crippen molar-refractivity contribution in [3.05, 3.63) is 77.7 Å². The van der Waals surface area contributed by atoms with Gasteiger partial charge in [0.15, 0.2) is 0 Å². The minimum Gasteiger partial charge on any atom is -0.396 e. The lowest BCUT2D eigenvalue weighted by molar-refractivity contribution is 0.273. The molecule has 0 saturated heterocycles. The fourth-order valence-corrected chi connectivity index (χ4v) is 2.96. The van der Waals surface area contributed by atoms with Crippen molar-refractivity contribution in [3.8, 4) is 11.3 Å². The number of hydrogen-bond acceptors (Lipinski definition) is 3. The third-order valence-corrected chi connectivity index (χ3v) is 4.31. The topological polar surface area (TPSA) is 60.9 Å². The van der Waals surface area contributed by atoms with Crippen LogP contribution in [0.4, 0.5) is 4.39 Å². The average molecular weight is 339 g/mol. The highest BCUT2D eigenvalue weighted by Gasteiger charge is 2.12. The van der Waals surface area contributed by atoms with E-state index in [-0.39, 0.29) is 18.3 Å². The second kappa shape index (κ2) is 8.55. The summed E-state index contributed by atoms with van der Waals surface area (Å²) in [4.78, 5) is 0. The Bertz CT molecular complexity index is 771. The van der Waals surface area contributed by atoms with Crippen LogP contribution in [0.2, 0.25) is 0 Å². The van der Waals surface area contributed by atoms with Gasteiger partial charge in [0.05, 0.1) is 11.9 Å². The van der Waals surface area contributed by atoms with Gasteiger partial charge in [0.1, 0.15) is 5.82 Å². The Morgan fingerprint density at radius 3 is 2.56 bits per heavy atom. The van der Waals surface area contributed by atoms with Gasteiger partial charge in [0.25, 0.3) is 0 Å². The molecule has 1 unspecified atom stereocenters. The molecule has 130 valence electrons. The van der Waals surface area contributed by atoms with Crippen LogP contribution in [0.25, 0.3) is 11.3 Å². The van der Waals surface area contributed by atoms with E-state index in [0.29, 0.717) is 13.0 Å². The molecule has 1 atom stereocenters. The molecule has 3 aromatic rings. The van der Waals surface area contributed by atoms with Gasteiger partial charge in [-0.2, -0.15) is 5.10 Å². The summed E-state index contributed by atoms with van der Waals surface area (Å²) < 4.78 is 13.1. The first-order chi connectivity index (χ1) is 12.3. The molecule has 3 N–H and O–H groups in total. The zero-order valence-electron chi connectivity index (χ0n) is 14.0. The maximum atomic E-state index is 13.1. The molecule has 0 aliphatic rings. The molecule has 0 amide bonds. The van der Waals surface area contributed by atoms with Gasteiger partial charge < -0.3 is 10.4 Å². The summed E-state index contributed by atoms with van der Waals surface area (Å²) in [5, 5.41) is 19.9. The second-order valence-electron chi connectivity index (χ2n) is 6.03. The molecule has 0 bridgehead atoms. The molecule has 0 fully saturated rings. The predicted octanol–water partition coefficient (Wildman–Crippen LogP) is 3.47. The summed E-state index contributed by atoms with van der Waals surface area (Å²) in [6, 6.07) is 16.6. The van der Waals surface area contributed by atoms with Gasteiger partial charge in [-0.15, -0.1) is 0 Å². The van der Waals surface area contributed by atoms with Crippen LogP contribution in [0.15, 0.2) is 60.8 Å². The van der Waals surface area contributed by atoms with E-state index < -0.39 is 0 Å². The van der Waals surface area contributed by atoms with Crippen LogP contribution in [0.1, 0.15) is 23.5 Å². The molecule has 3 rings (SSSR count). The van der Waals surface area contributed by atoms with E-state index >= 15 is 0 Å². The van der Waals surface area contributed by atoms with Crippen LogP contribution < -0.4 is 5.32 Å². The first-order valence-electron chi connectivity index (χ1n) is 8.42. The summed E-state index contributed by atoms with van der Waals surface area (Å²) >= 11 is 0. The summed E-state index contributed by atoms with van der Waals surface area (Å²) in [5.74, 6) is 0.00465. The lowest BCUT2D eigenvalue weighted by Gasteiger charge is -2.17. The summed E-state index contributed by atoms with van der Waals surface area (Å²) in [6.07, 6.45) is 2.50. The van der Waals surface area contributed by atoms with Crippen molar-refractivity contribution >= 4 is 0 Å². The lowest BCUT2D eigenvalue weighted by atomic mass is 9.96. The van der Waals surface area contributed by atoms with E-state index in [0.717, 1.165) is 23.4 Å². The van der Waals surface area contributed by atoms with Gasteiger partial charge >= 0.3 is 0 Å². The van der Waals surface area contributed by atoms with E-state index in [1.807, 2.05) is 18.2 Å². The Hall–Kier alpha value is -2.50. The van der Waals surface area contributed by atoms with Gasteiger partial charge in [0.2, 0.25) is 0 Å². The van der Waals surface area contributed by atoms with Crippen LogP contribution in [0, 0.1) is 5.82 Å². The number of aromatic nitrogens is 2. The number of nitrogens with one attached hydrogen (secondary N) is 2. The largest absolute Gasteiger partial charge is 0.396 e. The van der Waals surface area contributed by atoms with Crippen LogP contribution in [0.3, 0.4) is 0 Å². The highest BCUT2D eigenvalue weighted by molar-refractivity contribution is 5.62. The van der Waals surface area contributed by atoms with Crippen molar-refractivity contribution in [2.45, 2.75) is 18.9 Å². The minimum absolute atomic E-state index is 0.160. The molecule has 0 saturated carbocycles. The fourth-order valence-electron chi connectivity index (χ4n) is 2.96. The van der Waals surface area contributed by atoms with Gasteiger partial charge in [-0.25, -0.2) is 4.39 Å². The number of aliphatic hydroxyl groups excluding tert-OH is 1. The maximum absolute atomic E-state index is 13.1. The van der Waals surface area contributed by atoms with Gasteiger partial charge in [-0.3, -0.25) is 5.10 Å². The van der Waals surface area contributed by atoms with Crippen LogP contribution in [-0.4, -0.2) is 28.5 Å². The van der Waals surface area contributed by atoms with Crippen LogP contribution in [0.5, 0.6) is 0 Å². The zero-order chi connectivity index (χ0) is 17.5. The van der Waals surface area contributed by atoms with E-state index in [2.05, 4.69) is 27.6 Å². The smallest absolute Gasteiger partial charge is 0.123 e. The highest BCUT2D eigenvalue weighted by atomic mass is 19.1. The number of benzene rings is 2. The Balaban J connectivity index is 1.64. The first-order valence-corrected chi connectivity index (χ1v) is 8.42. The number of rotatable bonds is 8. The number of halogens is 1. The van der Waals surface area contributed by atoms with E-state index in [9.17, 15) is 9.50 Å². The van der Waals surface area contributed by atoms with E-state index in [4.69, 9.17) is 0 Å². The molecule has 5 heteroatoms. The molecule has 0 aliphatic heterocycles. The number of H-pyrrole nitrogens is 1. The molecular weight excluding hydrogens is 317 g/mol. The van der Waals surface area contributed by atoms with Crippen molar-refractivity contribution in [1.82, 2.24) is 15.5 Å². The van der Waals surface area contributed by atoms with Crippen molar-refractivity contribution in [2.24, 2.45) is 0 Å². The Kier molecular flexibility index (Phi) is 5.93. The van der Waals surface area contributed by atoms with E-state index in [1.165, 1.54) is 17.7 Å². The zero-order valence-corrected chi connectivity index (χ0v) is 14.0. The Morgan fingerprint density at radius 2 is 1.84 bits per heavy atom. The van der Waals surface area contributed by atoms with Crippen LogP contribution in [-0.2, 0) is 6.54 Å². The van der Waals surface area contributed by atoms with Gasteiger partial charge in [-0.1, -0.05) is 30.3 Å². The molecular formula is C20H22FN3O.